The van der Waals surface area contributed by atoms with E-state index < -0.39 is 0 Å². The fourth-order valence-electron chi connectivity index (χ4n) is 3.87. The number of ether oxygens (including phenoxy) is 1. The van der Waals surface area contributed by atoms with E-state index in [1.54, 1.807) is 33.7 Å². The first-order chi connectivity index (χ1) is 14.0. The van der Waals surface area contributed by atoms with Gasteiger partial charge in [-0.25, -0.2) is 4.39 Å². The number of thioether (sulfide) groups is 1. The van der Waals surface area contributed by atoms with E-state index in [1.165, 1.54) is 12.1 Å². The second-order valence-corrected chi connectivity index (χ2v) is 8.18. The summed E-state index contributed by atoms with van der Waals surface area (Å²) in [6, 6.07) is 14.0. The first-order valence-corrected chi connectivity index (χ1v) is 10.9. The molecule has 2 aliphatic rings. The van der Waals surface area contributed by atoms with E-state index >= 15 is 0 Å². The number of anilines is 1. The zero-order valence-electron chi connectivity index (χ0n) is 16.2. The van der Waals surface area contributed by atoms with Crippen LogP contribution in [0.3, 0.4) is 0 Å². The number of amides is 2. The average Bonchev–Trinajstić information content (AvgIpc) is 3.15. The molecule has 0 saturated carbocycles. The third-order valence-electron chi connectivity index (χ3n) is 5.48. The molecule has 2 heterocycles. The summed E-state index contributed by atoms with van der Waals surface area (Å²) in [6.07, 6.45) is 1.95. The highest BCUT2D eigenvalue weighted by atomic mass is 32.2. The minimum atomic E-state index is -0.352. The molecule has 0 bridgehead atoms. The predicted molar refractivity (Wildman–Crippen MR) is 110 cm³/mol. The van der Waals surface area contributed by atoms with Crippen LogP contribution in [-0.4, -0.2) is 49.2 Å². The van der Waals surface area contributed by atoms with Gasteiger partial charge in [-0.3, -0.25) is 9.59 Å². The topological polar surface area (TPSA) is 49.9 Å². The number of carbonyl (C=O) groups excluding carboxylic acids is 2. The molecular weight excluding hydrogens is 391 g/mol. The maximum absolute atomic E-state index is 13.2. The van der Waals surface area contributed by atoms with E-state index in [4.69, 9.17) is 4.74 Å². The van der Waals surface area contributed by atoms with Crippen molar-refractivity contribution < 1.29 is 18.7 Å². The Balaban J connectivity index is 1.42. The molecule has 152 valence electrons. The number of hydrogen-bond acceptors (Lipinski definition) is 4. The van der Waals surface area contributed by atoms with Gasteiger partial charge >= 0.3 is 0 Å². The Morgan fingerprint density at radius 1 is 1.10 bits per heavy atom. The third-order valence-corrected chi connectivity index (χ3v) is 6.22. The van der Waals surface area contributed by atoms with Crippen LogP contribution >= 0.6 is 11.8 Å². The van der Waals surface area contributed by atoms with Crippen LogP contribution in [-0.2, 0) is 14.3 Å². The van der Waals surface area contributed by atoms with Crippen molar-refractivity contribution in [2.75, 3.05) is 37.4 Å². The highest BCUT2D eigenvalue weighted by Gasteiger charge is 2.38. The summed E-state index contributed by atoms with van der Waals surface area (Å²) < 4.78 is 19.0. The lowest BCUT2D eigenvalue weighted by molar-refractivity contribution is -0.143. The molecule has 2 aliphatic heterocycles. The van der Waals surface area contributed by atoms with E-state index in [1.807, 2.05) is 30.5 Å². The fourth-order valence-corrected chi connectivity index (χ4v) is 4.28. The lowest BCUT2D eigenvalue weighted by Crippen LogP contribution is -2.45. The molecule has 5 nitrogen and oxygen atoms in total. The minimum Gasteiger partial charge on any atom is -0.370 e. The number of halogens is 1. The quantitative estimate of drug-likeness (QED) is 0.719. The van der Waals surface area contributed by atoms with Gasteiger partial charge in [-0.15, -0.1) is 11.8 Å². The average molecular weight is 415 g/mol. The highest BCUT2D eigenvalue weighted by Crippen LogP contribution is 2.30. The van der Waals surface area contributed by atoms with Crippen LogP contribution in [0, 0.1) is 11.7 Å². The molecule has 2 atom stereocenters. The van der Waals surface area contributed by atoms with E-state index in [0.717, 1.165) is 16.1 Å². The SMILES string of the molecule is CSc1ccc(N2CC(C(=O)N3CCOC(c4ccc(F)cc4)C3)CC2=O)cc1. The monoisotopic (exact) mass is 414 g/mol. The molecule has 2 aromatic carbocycles. The molecule has 0 aliphatic carbocycles. The van der Waals surface area contributed by atoms with Crippen molar-refractivity contribution in [3.63, 3.8) is 0 Å². The van der Waals surface area contributed by atoms with E-state index in [9.17, 15) is 14.0 Å². The Bertz CT molecular complexity index is 888. The van der Waals surface area contributed by atoms with E-state index in [0.29, 0.717) is 26.2 Å². The fraction of sp³-hybridized carbons (Fsp3) is 0.364. The zero-order chi connectivity index (χ0) is 20.4. The highest BCUT2D eigenvalue weighted by molar-refractivity contribution is 7.98. The summed E-state index contributed by atoms with van der Waals surface area (Å²) in [5.74, 6) is -0.692. The summed E-state index contributed by atoms with van der Waals surface area (Å²) in [6.45, 7) is 1.74. The number of hydrogen-bond donors (Lipinski definition) is 0. The van der Waals surface area contributed by atoms with Gasteiger partial charge in [-0.1, -0.05) is 12.1 Å². The first kappa shape index (κ1) is 19.9. The Kier molecular flexibility index (Phi) is 5.87. The van der Waals surface area contributed by atoms with Crippen molar-refractivity contribution >= 4 is 29.3 Å². The first-order valence-electron chi connectivity index (χ1n) is 9.65. The molecule has 0 spiro atoms. The van der Waals surface area contributed by atoms with Crippen LogP contribution in [0.5, 0.6) is 0 Å². The van der Waals surface area contributed by atoms with Gasteiger partial charge in [0.1, 0.15) is 11.9 Å². The lowest BCUT2D eigenvalue weighted by atomic mass is 10.0. The third kappa shape index (κ3) is 4.31. The summed E-state index contributed by atoms with van der Waals surface area (Å²) >= 11 is 1.65. The number of carbonyl (C=O) groups is 2. The molecule has 2 amide bonds. The molecule has 0 N–H and O–H groups in total. The smallest absolute Gasteiger partial charge is 0.228 e. The van der Waals surface area contributed by atoms with E-state index in [2.05, 4.69) is 0 Å². The standard InChI is InChI=1S/C22H23FN2O3S/c1-29-19-8-6-18(7-9-19)25-13-16(12-21(25)26)22(27)24-10-11-28-20(14-24)15-2-4-17(23)5-3-15/h2-9,16,20H,10-14H2,1H3. The van der Waals surface area contributed by atoms with Crippen LogP contribution in [0.25, 0.3) is 0 Å². The molecule has 7 heteroatoms. The van der Waals surface area contributed by atoms with Crippen molar-refractivity contribution in [3.05, 3.63) is 59.9 Å². The van der Waals surface area contributed by atoms with Gasteiger partial charge in [-0.05, 0) is 48.2 Å². The van der Waals surface area contributed by atoms with Crippen molar-refractivity contribution in [2.45, 2.75) is 17.4 Å². The van der Waals surface area contributed by atoms with Crippen molar-refractivity contribution in [3.8, 4) is 0 Å². The summed E-state index contributed by atoms with van der Waals surface area (Å²) in [4.78, 5) is 30.2. The summed E-state index contributed by atoms with van der Waals surface area (Å²) in [5, 5.41) is 0. The molecule has 4 rings (SSSR count). The number of rotatable bonds is 4. The normalized spacial score (nSPS) is 22.2. The maximum atomic E-state index is 13.2. The summed E-state index contributed by atoms with van der Waals surface area (Å²) in [5.41, 5.74) is 1.68. The Hall–Kier alpha value is -2.38. The predicted octanol–water partition coefficient (Wildman–Crippen LogP) is 3.50. The Morgan fingerprint density at radius 3 is 2.52 bits per heavy atom. The maximum Gasteiger partial charge on any atom is 0.228 e. The molecular formula is C22H23FN2O3S. The molecule has 2 fully saturated rings. The van der Waals surface area contributed by atoms with Gasteiger partial charge in [0.2, 0.25) is 11.8 Å². The molecule has 29 heavy (non-hydrogen) atoms. The molecule has 0 aromatic heterocycles. The van der Waals surface area contributed by atoms with Gasteiger partial charge in [0.25, 0.3) is 0 Å². The van der Waals surface area contributed by atoms with Crippen molar-refractivity contribution in [1.82, 2.24) is 4.90 Å². The van der Waals surface area contributed by atoms with Crippen LogP contribution in [0.15, 0.2) is 53.4 Å². The Morgan fingerprint density at radius 2 is 1.83 bits per heavy atom. The van der Waals surface area contributed by atoms with Crippen molar-refractivity contribution in [1.29, 1.82) is 0 Å². The minimum absolute atomic E-state index is 0.0167. The lowest BCUT2D eigenvalue weighted by Gasteiger charge is -2.34. The number of benzene rings is 2. The van der Waals surface area contributed by atoms with Crippen LogP contribution in [0.4, 0.5) is 10.1 Å². The molecule has 2 saturated heterocycles. The van der Waals surface area contributed by atoms with E-state index in [-0.39, 0.29) is 36.1 Å². The van der Waals surface area contributed by atoms with Gasteiger partial charge in [0.05, 0.1) is 19.1 Å². The van der Waals surface area contributed by atoms with Gasteiger partial charge in [0.15, 0.2) is 0 Å². The second kappa shape index (κ2) is 8.55. The Labute approximate surface area is 173 Å². The second-order valence-electron chi connectivity index (χ2n) is 7.30. The molecule has 0 radical (unpaired) electrons. The van der Waals surface area contributed by atoms with Gasteiger partial charge < -0.3 is 14.5 Å². The summed E-state index contributed by atoms with van der Waals surface area (Å²) in [7, 11) is 0. The number of nitrogens with zero attached hydrogens (tertiary/aromatic N) is 2. The zero-order valence-corrected chi connectivity index (χ0v) is 17.0. The number of morpholine rings is 1. The largest absolute Gasteiger partial charge is 0.370 e. The van der Waals surface area contributed by atoms with Crippen molar-refractivity contribution in [2.24, 2.45) is 5.92 Å². The van der Waals surface area contributed by atoms with Crippen LogP contribution in [0.2, 0.25) is 0 Å². The van der Waals surface area contributed by atoms with Crippen LogP contribution < -0.4 is 4.90 Å². The van der Waals surface area contributed by atoms with Gasteiger partial charge in [0, 0.05) is 30.1 Å². The molecule has 2 aromatic rings. The molecule has 2 unspecified atom stereocenters. The van der Waals surface area contributed by atoms with Crippen LogP contribution in [0.1, 0.15) is 18.1 Å². The van der Waals surface area contributed by atoms with Gasteiger partial charge in [-0.2, -0.15) is 0 Å².